The number of hydrogen-bond donors (Lipinski definition) is 2. The second-order valence-electron chi connectivity index (χ2n) is 4.41. The molecule has 108 valence electrons. The minimum absolute atomic E-state index is 0.279. The number of rotatable bonds is 6. The van der Waals surface area contributed by atoms with Crippen LogP contribution in [0.15, 0.2) is 41.6 Å². The van der Waals surface area contributed by atoms with Gasteiger partial charge in [0, 0.05) is 25.5 Å². The van der Waals surface area contributed by atoms with Crippen LogP contribution in [0.5, 0.6) is 0 Å². The molecule has 6 nitrogen and oxygen atoms in total. The highest BCUT2D eigenvalue weighted by atomic mass is 32.2. The van der Waals surface area contributed by atoms with E-state index in [0.29, 0.717) is 18.7 Å². The monoisotopic (exact) mass is 294 g/mol. The molecule has 0 aliphatic heterocycles. The standard InChI is InChI=1S/C13H18N4O2S/c1-11-12(10-14)4-2-5-13(11)20(18,19)16-7-9-17-8-3-6-15-17/h2-6,8,16H,7,9-10,14H2,1H3. The van der Waals surface area contributed by atoms with E-state index in [1.54, 1.807) is 42.2 Å². The number of sulfonamides is 1. The lowest BCUT2D eigenvalue weighted by Gasteiger charge is -2.12. The topological polar surface area (TPSA) is 90.0 Å². The maximum absolute atomic E-state index is 12.3. The third-order valence-corrected chi connectivity index (χ3v) is 4.70. The average molecular weight is 294 g/mol. The number of nitrogens with one attached hydrogen (secondary N) is 1. The summed E-state index contributed by atoms with van der Waals surface area (Å²) in [5.74, 6) is 0. The molecular weight excluding hydrogens is 276 g/mol. The Morgan fingerprint density at radius 1 is 1.35 bits per heavy atom. The van der Waals surface area contributed by atoms with Crippen LogP contribution in [0, 0.1) is 6.92 Å². The Morgan fingerprint density at radius 3 is 2.80 bits per heavy atom. The SMILES string of the molecule is Cc1c(CN)cccc1S(=O)(=O)NCCn1cccn1. The van der Waals surface area contributed by atoms with Crippen molar-refractivity contribution < 1.29 is 8.42 Å². The van der Waals surface area contributed by atoms with E-state index in [9.17, 15) is 8.42 Å². The van der Waals surface area contributed by atoms with Gasteiger partial charge in [0.15, 0.2) is 0 Å². The number of hydrogen-bond acceptors (Lipinski definition) is 4. The van der Waals surface area contributed by atoms with E-state index in [2.05, 4.69) is 9.82 Å². The lowest BCUT2D eigenvalue weighted by Crippen LogP contribution is -2.28. The van der Waals surface area contributed by atoms with Crippen LogP contribution >= 0.6 is 0 Å². The highest BCUT2D eigenvalue weighted by Gasteiger charge is 2.17. The number of nitrogens with two attached hydrogens (primary N) is 1. The van der Waals surface area contributed by atoms with Gasteiger partial charge in [-0.05, 0) is 30.2 Å². The zero-order valence-electron chi connectivity index (χ0n) is 11.3. The van der Waals surface area contributed by atoms with Gasteiger partial charge in [-0.1, -0.05) is 12.1 Å². The third-order valence-electron chi connectivity index (χ3n) is 3.10. The van der Waals surface area contributed by atoms with Crippen molar-refractivity contribution in [2.75, 3.05) is 6.54 Å². The molecule has 3 N–H and O–H groups in total. The van der Waals surface area contributed by atoms with Crippen LogP contribution in [0.3, 0.4) is 0 Å². The van der Waals surface area contributed by atoms with E-state index >= 15 is 0 Å². The van der Waals surface area contributed by atoms with Gasteiger partial charge in [-0.15, -0.1) is 0 Å². The molecule has 0 unspecified atom stereocenters. The van der Waals surface area contributed by atoms with E-state index in [1.165, 1.54) is 0 Å². The molecule has 0 aliphatic carbocycles. The first kappa shape index (κ1) is 14.7. The maximum Gasteiger partial charge on any atom is 0.240 e. The summed E-state index contributed by atoms with van der Waals surface area (Å²) in [7, 11) is -3.52. The second kappa shape index (κ2) is 6.17. The Kier molecular flexibility index (Phi) is 4.53. The highest BCUT2D eigenvalue weighted by Crippen LogP contribution is 2.18. The highest BCUT2D eigenvalue weighted by molar-refractivity contribution is 7.89. The van der Waals surface area contributed by atoms with Crippen LogP contribution in [0.1, 0.15) is 11.1 Å². The van der Waals surface area contributed by atoms with Crippen molar-refractivity contribution in [3.63, 3.8) is 0 Å². The van der Waals surface area contributed by atoms with E-state index < -0.39 is 10.0 Å². The van der Waals surface area contributed by atoms with Gasteiger partial charge >= 0.3 is 0 Å². The Bertz CT molecular complexity index is 666. The first-order valence-corrected chi connectivity index (χ1v) is 7.78. The lowest BCUT2D eigenvalue weighted by molar-refractivity contribution is 0.560. The van der Waals surface area contributed by atoms with E-state index in [1.807, 2.05) is 6.07 Å². The van der Waals surface area contributed by atoms with Crippen molar-refractivity contribution in [2.45, 2.75) is 24.9 Å². The first-order chi connectivity index (χ1) is 9.54. The van der Waals surface area contributed by atoms with Gasteiger partial charge in [0.1, 0.15) is 0 Å². The predicted molar refractivity (Wildman–Crippen MR) is 76.5 cm³/mol. The van der Waals surface area contributed by atoms with Crippen molar-refractivity contribution in [1.82, 2.24) is 14.5 Å². The van der Waals surface area contributed by atoms with Crippen LogP contribution in [0.2, 0.25) is 0 Å². The Labute approximate surface area is 118 Å². The Morgan fingerprint density at radius 2 is 2.15 bits per heavy atom. The fraction of sp³-hybridized carbons (Fsp3) is 0.308. The van der Waals surface area contributed by atoms with Crippen LogP contribution in [-0.4, -0.2) is 24.7 Å². The molecule has 0 fully saturated rings. The zero-order chi connectivity index (χ0) is 14.6. The molecule has 0 spiro atoms. The fourth-order valence-corrected chi connectivity index (χ4v) is 3.28. The summed E-state index contributed by atoms with van der Waals surface area (Å²) in [6.45, 7) is 2.87. The molecule has 2 rings (SSSR count). The zero-order valence-corrected chi connectivity index (χ0v) is 12.1. The molecule has 0 radical (unpaired) electrons. The van der Waals surface area contributed by atoms with Gasteiger partial charge in [-0.25, -0.2) is 13.1 Å². The van der Waals surface area contributed by atoms with Crippen LogP contribution < -0.4 is 10.5 Å². The quantitative estimate of drug-likeness (QED) is 0.817. The van der Waals surface area contributed by atoms with Crippen molar-refractivity contribution in [2.24, 2.45) is 5.73 Å². The molecule has 2 aromatic rings. The first-order valence-electron chi connectivity index (χ1n) is 6.30. The molecule has 0 saturated carbocycles. The number of aromatic nitrogens is 2. The Balaban J connectivity index is 2.10. The molecule has 0 aliphatic rings. The third kappa shape index (κ3) is 3.24. The fourth-order valence-electron chi connectivity index (χ4n) is 1.98. The molecule has 1 aromatic carbocycles. The molecule has 0 saturated heterocycles. The van der Waals surface area contributed by atoms with E-state index in [-0.39, 0.29) is 11.4 Å². The molecule has 7 heteroatoms. The normalized spacial score (nSPS) is 11.7. The molecule has 0 atom stereocenters. The van der Waals surface area contributed by atoms with Gasteiger partial charge in [0.25, 0.3) is 0 Å². The van der Waals surface area contributed by atoms with Gasteiger partial charge < -0.3 is 5.73 Å². The van der Waals surface area contributed by atoms with E-state index in [0.717, 1.165) is 5.56 Å². The maximum atomic E-state index is 12.3. The molecule has 1 heterocycles. The van der Waals surface area contributed by atoms with Gasteiger partial charge in [0.2, 0.25) is 10.0 Å². The molecule has 0 amide bonds. The second-order valence-corrected chi connectivity index (χ2v) is 6.15. The van der Waals surface area contributed by atoms with Crippen molar-refractivity contribution >= 4 is 10.0 Å². The summed E-state index contributed by atoms with van der Waals surface area (Å²) in [6.07, 6.45) is 3.44. The van der Waals surface area contributed by atoms with Crippen LogP contribution in [0.4, 0.5) is 0 Å². The summed E-state index contributed by atoms with van der Waals surface area (Å²) in [6, 6.07) is 6.92. The molecule has 20 heavy (non-hydrogen) atoms. The minimum atomic E-state index is -3.52. The smallest absolute Gasteiger partial charge is 0.240 e. The summed E-state index contributed by atoms with van der Waals surface area (Å²) < 4.78 is 28.8. The largest absolute Gasteiger partial charge is 0.326 e. The lowest BCUT2D eigenvalue weighted by atomic mass is 10.1. The van der Waals surface area contributed by atoms with Gasteiger partial charge in [-0.2, -0.15) is 5.10 Å². The van der Waals surface area contributed by atoms with Crippen molar-refractivity contribution in [1.29, 1.82) is 0 Å². The van der Waals surface area contributed by atoms with Crippen molar-refractivity contribution in [3.8, 4) is 0 Å². The summed E-state index contributed by atoms with van der Waals surface area (Å²) in [5.41, 5.74) is 7.13. The van der Waals surface area contributed by atoms with Gasteiger partial charge in [0.05, 0.1) is 11.4 Å². The van der Waals surface area contributed by atoms with Gasteiger partial charge in [-0.3, -0.25) is 4.68 Å². The van der Waals surface area contributed by atoms with Crippen molar-refractivity contribution in [3.05, 3.63) is 47.8 Å². The number of nitrogens with zero attached hydrogens (tertiary/aromatic N) is 2. The predicted octanol–water partition coefficient (Wildman–Crippen LogP) is 0.629. The summed E-state index contributed by atoms with van der Waals surface area (Å²) in [4.78, 5) is 0.279. The molecule has 1 aromatic heterocycles. The summed E-state index contributed by atoms with van der Waals surface area (Å²) in [5, 5.41) is 4.02. The molecular formula is C13H18N4O2S. The average Bonchev–Trinajstić information content (AvgIpc) is 2.91. The van der Waals surface area contributed by atoms with Crippen LogP contribution in [0.25, 0.3) is 0 Å². The minimum Gasteiger partial charge on any atom is -0.326 e. The number of benzene rings is 1. The molecule has 0 bridgehead atoms. The Hall–Kier alpha value is -1.70. The summed E-state index contributed by atoms with van der Waals surface area (Å²) >= 11 is 0. The van der Waals surface area contributed by atoms with E-state index in [4.69, 9.17) is 5.73 Å². The van der Waals surface area contributed by atoms with Crippen LogP contribution in [-0.2, 0) is 23.1 Å².